The zero-order valence-corrected chi connectivity index (χ0v) is 19.3. The molecule has 0 spiro atoms. The summed E-state index contributed by atoms with van der Waals surface area (Å²) in [5, 5.41) is 13.3. The first kappa shape index (κ1) is 23.0. The number of piperazine rings is 1. The molecule has 2 aliphatic rings. The Morgan fingerprint density at radius 1 is 1.23 bits per heavy atom. The Hall–Kier alpha value is -1.63. The third-order valence-electron chi connectivity index (χ3n) is 6.38. The fourth-order valence-corrected chi connectivity index (χ4v) is 4.70. The molecule has 0 radical (unpaired) electrons. The Morgan fingerprint density at radius 2 is 1.90 bits per heavy atom. The van der Waals surface area contributed by atoms with E-state index in [2.05, 4.69) is 22.0 Å². The Bertz CT molecular complexity index is 800. The number of benzene rings is 1. The van der Waals surface area contributed by atoms with Crippen LogP contribution in [-0.4, -0.2) is 58.0 Å². The zero-order chi connectivity index (χ0) is 22.1. The molecule has 166 valence electrons. The number of nitrogens with one attached hydrogen (secondary N) is 1. The summed E-state index contributed by atoms with van der Waals surface area (Å²) in [6.45, 7) is 10.1. The van der Waals surface area contributed by atoms with Crippen molar-refractivity contribution in [3.8, 4) is 0 Å². The second-order valence-electron chi connectivity index (χ2n) is 9.35. The SMILES string of the molecule is Cc1c(CN2CCN(C(=O)C3CCCC3)[C@@H](C)C2)cc(Cl)cc1NC(=O)C(C)(C)O. The summed E-state index contributed by atoms with van der Waals surface area (Å²) in [7, 11) is 0. The van der Waals surface area contributed by atoms with Crippen LogP contribution in [-0.2, 0) is 16.1 Å². The predicted molar refractivity (Wildman–Crippen MR) is 120 cm³/mol. The Kier molecular flexibility index (Phi) is 7.10. The number of anilines is 1. The maximum Gasteiger partial charge on any atom is 0.255 e. The van der Waals surface area contributed by atoms with Crippen LogP contribution >= 0.6 is 11.6 Å². The van der Waals surface area contributed by atoms with Crippen molar-refractivity contribution < 1.29 is 14.7 Å². The maximum atomic E-state index is 12.8. The van der Waals surface area contributed by atoms with Crippen LogP contribution in [0.4, 0.5) is 5.69 Å². The lowest BCUT2D eigenvalue weighted by Gasteiger charge is -2.41. The molecule has 2 fully saturated rings. The van der Waals surface area contributed by atoms with Gasteiger partial charge in [0, 0.05) is 48.8 Å². The van der Waals surface area contributed by atoms with E-state index >= 15 is 0 Å². The van der Waals surface area contributed by atoms with Gasteiger partial charge in [-0.25, -0.2) is 0 Å². The van der Waals surface area contributed by atoms with Gasteiger partial charge in [0.15, 0.2) is 0 Å². The third-order valence-corrected chi connectivity index (χ3v) is 6.60. The molecular weight excluding hydrogens is 402 g/mol. The molecule has 1 saturated heterocycles. The van der Waals surface area contributed by atoms with Crippen molar-refractivity contribution in [3.05, 3.63) is 28.3 Å². The van der Waals surface area contributed by atoms with Gasteiger partial charge in [-0.05, 0) is 63.8 Å². The second kappa shape index (κ2) is 9.25. The van der Waals surface area contributed by atoms with Crippen molar-refractivity contribution in [1.29, 1.82) is 0 Å². The van der Waals surface area contributed by atoms with Crippen molar-refractivity contribution in [1.82, 2.24) is 9.80 Å². The quantitative estimate of drug-likeness (QED) is 0.741. The van der Waals surface area contributed by atoms with Gasteiger partial charge >= 0.3 is 0 Å². The van der Waals surface area contributed by atoms with Crippen LogP contribution in [0.25, 0.3) is 0 Å². The Morgan fingerprint density at radius 3 is 2.50 bits per heavy atom. The lowest BCUT2D eigenvalue weighted by atomic mass is 10.0. The smallest absolute Gasteiger partial charge is 0.255 e. The lowest BCUT2D eigenvalue weighted by Crippen LogP contribution is -2.54. The van der Waals surface area contributed by atoms with Gasteiger partial charge in [-0.1, -0.05) is 24.4 Å². The van der Waals surface area contributed by atoms with Crippen LogP contribution in [0.1, 0.15) is 57.6 Å². The summed E-state index contributed by atoms with van der Waals surface area (Å²) in [6.07, 6.45) is 4.41. The highest BCUT2D eigenvalue weighted by atomic mass is 35.5. The van der Waals surface area contributed by atoms with E-state index in [0.29, 0.717) is 23.2 Å². The normalized spacial score (nSPS) is 21.1. The molecule has 0 bridgehead atoms. The number of hydrogen-bond donors (Lipinski definition) is 2. The van der Waals surface area contributed by atoms with Crippen molar-refractivity contribution in [3.63, 3.8) is 0 Å². The molecule has 1 aromatic carbocycles. The van der Waals surface area contributed by atoms with Crippen molar-refractivity contribution in [2.24, 2.45) is 5.92 Å². The topological polar surface area (TPSA) is 72.9 Å². The fraction of sp³-hybridized carbons (Fsp3) is 0.652. The number of carbonyl (C=O) groups excluding carboxylic acids is 2. The molecule has 1 aliphatic heterocycles. The molecule has 30 heavy (non-hydrogen) atoms. The molecular formula is C23H34ClN3O3. The first-order valence-electron chi connectivity index (χ1n) is 10.9. The van der Waals surface area contributed by atoms with E-state index in [4.69, 9.17) is 11.6 Å². The monoisotopic (exact) mass is 435 g/mol. The van der Waals surface area contributed by atoms with Gasteiger partial charge in [0.25, 0.3) is 5.91 Å². The maximum absolute atomic E-state index is 12.8. The first-order valence-corrected chi connectivity index (χ1v) is 11.3. The highest BCUT2D eigenvalue weighted by Crippen LogP contribution is 2.30. The molecule has 2 N–H and O–H groups in total. The highest BCUT2D eigenvalue weighted by Gasteiger charge is 2.33. The van der Waals surface area contributed by atoms with Gasteiger partial charge in [-0.15, -0.1) is 0 Å². The molecule has 7 heteroatoms. The minimum atomic E-state index is -1.47. The molecule has 3 rings (SSSR count). The number of aliphatic hydroxyl groups is 1. The molecule has 2 amide bonds. The van der Waals surface area contributed by atoms with Gasteiger partial charge in [0.1, 0.15) is 5.60 Å². The van der Waals surface area contributed by atoms with Crippen LogP contribution in [0.3, 0.4) is 0 Å². The number of nitrogens with zero attached hydrogens (tertiary/aromatic N) is 2. The van der Waals surface area contributed by atoms with Crippen LogP contribution in [0.5, 0.6) is 0 Å². The van der Waals surface area contributed by atoms with Crippen molar-refractivity contribution >= 4 is 29.1 Å². The number of amides is 2. The van der Waals surface area contributed by atoms with E-state index in [1.807, 2.05) is 13.0 Å². The van der Waals surface area contributed by atoms with E-state index in [9.17, 15) is 14.7 Å². The summed E-state index contributed by atoms with van der Waals surface area (Å²) in [5.41, 5.74) is 1.13. The molecule has 1 saturated carbocycles. The van der Waals surface area contributed by atoms with Crippen LogP contribution < -0.4 is 5.32 Å². The van der Waals surface area contributed by atoms with Crippen molar-refractivity contribution in [2.75, 3.05) is 25.0 Å². The lowest BCUT2D eigenvalue weighted by molar-refractivity contribution is -0.140. The van der Waals surface area contributed by atoms with E-state index in [-0.39, 0.29) is 12.0 Å². The largest absolute Gasteiger partial charge is 0.381 e. The first-order chi connectivity index (χ1) is 14.1. The standard InChI is InChI=1S/C23H34ClN3O3/c1-15-13-26(9-10-27(15)21(28)17-7-5-6-8-17)14-18-11-19(24)12-20(16(18)2)25-22(29)23(3,4)30/h11-12,15,17,30H,5-10,13-14H2,1-4H3,(H,25,29)/t15-/m0/s1. The molecule has 1 aliphatic carbocycles. The zero-order valence-electron chi connectivity index (χ0n) is 18.5. The second-order valence-corrected chi connectivity index (χ2v) is 9.78. The third kappa shape index (κ3) is 5.34. The van der Waals surface area contributed by atoms with E-state index in [1.54, 1.807) is 6.07 Å². The Labute approximate surface area is 184 Å². The molecule has 1 atom stereocenters. The number of hydrogen-bond acceptors (Lipinski definition) is 4. The number of rotatable bonds is 5. The minimum absolute atomic E-state index is 0.181. The van der Waals surface area contributed by atoms with Gasteiger partial charge in [0.05, 0.1) is 0 Å². The van der Waals surface area contributed by atoms with Crippen LogP contribution in [0.2, 0.25) is 5.02 Å². The molecule has 0 unspecified atom stereocenters. The highest BCUT2D eigenvalue weighted by molar-refractivity contribution is 6.31. The van der Waals surface area contributed by atoms with E-state index in [0.717, 1.165) is 43.6 Å². The number of carbonyl (C=O) groups is 2. The van der Waals surface area contributed by atoms with Crippen LogP contribution in [0.15, 0.2) is 12.1 Å². The van der Waals surface area contributed by atoms with Gasteiger partial charge in [-0.2, -0.15) is 0 Å². The van der Waals surface area contributed by atoms with Gasteiger partial charge in [-0.3, -0.25) is 14.5 Å². The summed E-state index contributed by atoms with van der Waals surface area (Å²) in [5.74, 6) is 0.0813. The van der Waals surface area contributed by atoms with E-state index in [1.165, 1.54) is 26.7 Å². The molecule has 6 nitrogen and oxygen atoms in total. The Balaban J connectivity index is 1.67. The van der Waals surface area contributed by atoms with E-state index < -0.39 is 11.5 Å². The minimum Gasteiger partial charge on any atom is -0.381 e. The summed E-state index contributed by atoms with van der Waals surface area (Å²) in [4.78, 5) is 29.4. The van der Waals surface area contributed by atoms with Gasteiger partial charge in [0.2, 0.25) is 5.91 Å². The summed E-state index contributed by atoms with van der Waals surface area (Å²) in [6, 6.07) is 3.82. The predicted octanol–water partition coefficient (Wildman–Crippen LogP) is 3.58. The molecule has 0 aromatic heterocycles. The average Bonchev–Trinajstić information content (AvgIpc) is 3.19. The summed E-state index contributed by atoms with van der Waals surface area (Å²) >= 11 is 6.32. The average molecular weight is 436 g/mol. The molecule has 1 aromatic rings. The van der Waals surface area contributed by atoms with Gasteiger partial charge < -0.3 is 15.3 Å². The van der Waals surface area contributed by atoms with Crippen LogP contribution in [0, 0.1) is 12.8 Å². The van der Waals surface area contributed by atoms with Crippen molar-refractivity contribution in [2.45, 2.75) is 71.6 Å². The summed E-state index contributed by atoms with van der Waals surface area (Å²) < 4.78 is 0. The number of halogens is 1. The molecule has 1 heterocycles. The fourth-order valence-electron chi connectivity index (χ4n) is 4.46.